The summed E-state index contributed by atoms with van der Waals surface area (Å²) in [6.07, 6.45) is 2.40. The Labute approximate surface area is 99.7 Å². The third-order valence-electron chi connectivity index (χ3n) is 3.21. The molecule has 0 aromatic carbocycles. The second kappa shape index (κ2) is 4.77. The number of hydrogen-bond donors (Lipinski definition) is 0. The van der Waals surface area contributed by atoms with Gasteiger partial charge < -0.3 is 14.2 Å². The molecule has 1 heterocycles. The van der Waals surface area contributed by atoms with Crippen molar-refractivity contribution in [3.63, 3.8) is 0 Å². The number of carbonyl (C=O) groups excluding carboxylic acids is 2. The molecule has 0 aromatic heterocycles. The second-order valence-corrected chi connectivity index (χ2v) is 4.37. The lowest BCUT2D eigenvalue weighted by Crippen LogP contribution is -2.36. The van der Waals surface area contributed by atoms with Crippen molar-refractivity contribution in [2.75, 3.05) is 0 Å². The predicted octanol–water partition coefficient (Wildman–Crippen LogP) is 1.95. The predicted molar refractivity (Wildman–Crippen MR) is 58.3 cm³/mol. The van der Waals surface area contributed by atoms with Crippen LogP contribution in [-0.4, -0.2) is 30.4 Å². The van der Waals surface area contributed by atoms with Gasteiger partial charge in [0.25, 0.3) is 0 Å². The highest BCUT2D eigenvalue weighted by molar-refractivity contribution is 5.87. The van der Waals surface area contributed by atoms with Crippen molar-refractivity contribution in [1.82, 2.24) is 0 Å². The van der Waals surface area contributed by atoms with Gasteiger partial charge in [0.1, 0.15) is 18.3 Å². The van der Waals surface area contributed by atoms with Gasteiger partial charge in [-0.1, -0.05) is 6.08 Å². The number of carbonyl (C=O) groups is 2. The minimum atomic E-state index is -0.614. The molecule has 2 fully saturated rings. The highest BCUT2D eigenvalue weighted by atomic mass is 16.8. The van der Waals surface area contributed by atoms with E-state index in [9.17, 15) is 9.59 Å². The lowest BCUT2D eigenvalue weighted by atomic mass is 9.92. The number of esters is 1. The molecule has 1 saturated heterocycles. The Morgan fingerprint density at radius 3 is 2.76 bits per heavy atom. The highest BCUT2D eigenvalue weighted by Crippen LogP contribution is 2.31. The Hall–Kier alpha value is -1.52. The zero-order chi connectivity index (χ0) is 12.4. The SMILES string of the molecule is CC=C(C)C(=O)OC1CCC2OC(=O)OC2C1. The molecule has 2 rings (SSSR count). The molecular weight excluding hydrogens is 224 g/mol. The molecule has 1 saturated carbocycles. The standard InChI is InChI=1S/C12H16O5/c1-3-7(2)11(13)15-8-4-5-9-10(6-8)17-12(14)16-9/h3,8-10H,4-6H2,1-2H3. The summed E-state index contributed by atoms with van der Waals surface area (Å²) in [4.78, 5) is 22.5. The van der Waals surface area contributed by atoms with Crippen LogP contribution in [0.3, 0.4) is 0 Å². The van der Waals surface area contributed by atoms with E-state index in [0.717, 1.165) is 0 Å². The van der Waals surface area contributed by atoms with Crippen LogP contribution < -0.4 is 0 Å². The van der Waals surface area contributed by atoms with Gasteiger partial charge in [0.05, 0.1) is 0 Å². The summed E-state index contributed by atoms with van der Waals surface area (Å²) in [5.41, 5.74) is 0.590. The molecule has 0 aromatic rings. The van der Waals surface area contributed by atoms with E-state index in [-0.39, 0.29) is 24.3 Å². The molecular formula is C12H16O5. The van der Waals surface area contributed by atoms with Crippen LogP contribution in [-0.2, 0) is 19.0 Å². The topological polar surface area (TPSA) is 61.8 Å². The maximum atomic E-state index is 11.6. The van der Waals surface area contributed by atoms with E-state index in [2.05, 4.69) is 0 Å². The van der Waals surface area contributed by atoms with E-state index < -0.39 is 6.16 Å². The molecule has 1 aliphatic carbocycles. The van der Waals surface area contributed by atoms with Crippen LogP contribution in [0.5, 0.6) is 0 Å². The quantitative estimate of drug-likeness (QED) is 0.545. The van der Waals surface area contributed by atoms with E-state index in [1.165, 1.54) is 0 Å². The average molecular weight is 240 g/mol. The van der Waals surface area contributed by atoms with Gasteiger partial charge >= 0.3 is 12.1 Å². The van der Waals surface area contributed by atoms with Crippen molar-refractivity contribution in [2.45, 2.75) is 51.4 Å². The first-order chi connectivity index (χ1) is 8.10. The molecule has 1 aliphatic heterocycles. The molecule has 17 heavy (non-hydrogen) atoms. The lowest BCUT2D eigenvalue weighted by Gasteiger charge is -2.27. The zero-order valence-electron chi connectivity index (χ0n) is 9.97. The van der Waals surface area contributed by atoms with Crippen LogP contribution in [0.2, 0.25) is 0 Å². The maximum absolute atomic E-state index is 11.6. The normalized spacial score (nSPS) is 32.5. The molecule has 0 radical (unpaired) electrons. The molecule has 3 atom stereocenters. The zero-order valence-corrected chi connectivity index (χ0v) is 9.97. The third kappa shape index (κ3) is 2.60. The first kappa shape index (κ1) is 12.0. The molecule has 0 bridgehead atoms. The monoisotopic (exact) mass is 240 g/mol. The van der Waals surface area contributed by atoms with Crippen LogP contribution in [0.15, 0.2) is 11.6 Å². The number of fused-ring (bicyclic) bond motifs is 1. The molecule has 0 N–H and O–H groups in total. The Kier molecular flexibility index (Phi) is 3.36. The molecule has 3 unspecified atom stereocenters. The minimum Gasteiger partial charge on any atom is -0.459 e. The van der Waals surface area contributed by atoms with Crippen LogP contribution in [0.25, 0.3) is 0 Å². The van der Waals surface area contributed by atoms with Crippen molar-refractivity contribution in [2.24, 2.45) is 0 Å². The molecule has 5 nitrogen and oxygen atoms in total. The Morgan fingerprint density at radius 2 is 2.06 bits per heavy atom. The highest BCUT2D eigenvalue weighted by Gasteiger charge is 2.42. The van der Waals surface area contributed by atoms with E-state index >= 15 is 0 Å². The summed E-state index contributed by atoms with van der Waals surface area (Å²) in [5, 5.41) is 0. The fourth-order valence-corrected chi connectivity index (χ4v) is 2.07. The van der Waals surface area contributed by atoms with Crippen LogP contribution in [0, 0.1) is 0 Å². The summed E-state index contributed by atoms with van der Waals surface area (Å²) in [6.45, 7) is 3.51. The van der Waals surface area contributed by atoms with Gasteiger partial charge in [0.2, 0.25) is 0 Å². The van der Waals surface area contributed by atoms with Crippen molar-refractivity contribution >= 4 is 12.1 Å². The smallest absolute Gasteiger partial charge is 0.459 e. The number of rotatable bonds is 2. The Bertz CT molecular complexity index is 360. The first-order valence-corrected chi connectivity index (χ1v) is 5.81. The van der Waals surface area contributed by atoms with Crippen LogP contribution in [0.1, 0.15) is 33.1 Å². The largest absolute Gasteiger partial charge is 0.509 e. The fourth-order valence-electron chi connectivity index (χ4n) is 2.07. The summed E-state index contributed by atoms with van der Waals surface area (Å²) < 4.78 is 15.3. The van der Waals surface area contributed by atoms with E-state index in [4.69, 9.17) is 14.2 Å². The van der Waals surface area contributed by atoms with Crippen molar-refractivity contribution in [3.8, 4) is 0 Å². The van der Waals surface area contributed by atoms with Crippen molar-refractivity contribution < 1.29 is 23.8 Å². The fraction of sp³-hybridized carbons (Fsp3) is 0.667. The van der Waals surface area contributed by atoms with Gasteiger partial charge in [0.15, 0.2) is 0 Å². The molecule has 94 valence electrons. The van der Waals surface area contributed by atoms with E-state index in [1.54, 1.807) is 19.9 Å². The average Bonchev–Trinajstić information content (AvgIpc) is 2.67. The third-order valence-corrected chi connectivity index (χ3v) is 3.21. The van der Waals surface area contributed by atoms with Gasteiger partial charge in [-0.15, -0.1) is 0 Å². The summed E-state index contributed by atoms with van der Waals surface area (Å²) in [5.74, 6) is -0.304. The lowest BCUT2D eigenvalue weighted by molar-refractivity contribution is -0.147. The molecule has 5 heteroatoms. The van der Waals surface area contributed by atoms with Crippen LogP contribution in [0.4, 0.5) is 4.79 Å². The minimum absolute atomic E-state index is 0.166. The van der Waals surface area contributed by atoms with E-state index in [0.29, 0.717) is 24.8 Å². The summed E-state index contributed by atoms with van der Waals surface area (Å²) in [7, 11) is 0. The maximum Gasteiger partial charge on any atom is 0.509 e. The Balaban J connectivity index is 1.89. The van der Waals surface area contributed by atoms with Gasteiger partial charge in [0, 0.05) is 12.0 Å². The van der Waals surface area contributed by atoms with Gasteiger partial charge in [-0.3, -0.25) is 0 Å². The van der Waals surface area contributed by atoms with Gasteiger partial charge in [-0.2, -0.15) is 0 Å². The number of ether oxygens (including phenoxy) is 3. The molecule has 0 amide bonds. The second-order valence-electron chi connectivity index (χ2n) is 4.37. The van der Waals surface area contributed by atoms with Crippen molar-refractivity contribution in [1.29, 1.82) is 0 Å². The summed E-state index contributed by atoms with van der Waals surface area (Å²) in [6, 6.07) is 0. The Morgan fingerprint density at radius 1 is 1.35 bits per heavy atom. The van der Waals surface area contributed by atoms with E-state index in [1.807, 2.05) is 0 Å². The summed E-state index contributed by atoms with van der Waals surface area (Å²) >= 11 is 0. The van der Waals surface area contributed by atoms with Crippen LogP contribution >= 0.6 is 0 Å². The first-order valence-electron chi connectivity index (χ1n) is 5.81. The van der Waals surface area contributed by atoms with Gasteiger partial charge in [-0.05, 0) is 26.7 Å². The van der Waals surface area contributed by atoms with Gasteiger partial charge in [-0.25, -0.2) is 9.59 Å². The molecule has 0 spiro atoms. The number of hydrogen-bond acceptors (Lipinski definition) is 5. The number of allylic oxidation sites excluding steroid dienone is 1. The van der Waals surface area contributed by atoms with Crippen molar-refractivity contribution in [3.05, 3.63) is 11.6 Å². The molecule has 2 aliphatic rings.